The first-order valence-electron chi connectivity index (χ1n) is 7.53. The van der Waals surface area contributed by atoms with E-state index in [-0.39, 0.29) is 11.4 Å². The lowest BCUT2D eigenvalue weighted by Gasteiger charge is -2.07. The highest BCUT2D eigenvalue weighted by atomic mass is 19.1. The van der Waals surface area contributed by atoms with E-state index in [1.807, 2.05) is 32.0 Å². The average molecular weight is 324 g/mol. The molecule has 0 unspecified atom stereocenters. The van der Waals surface area contributed by atoms with Crippen molar-refractivity contribution in [2.75, 3.05) is 5.32 Å². The highest BCUT2D eigenvalue weighted by molar-refractivity contribution is 6.03. The number of nitrogens with zero attached hydrogens (tertiary/aromatic N) is 3. The van der Waals surface area contributed by atoms with Crippen LogP contribution in [-0.4, -0.2) is 20.9 Å². The molecule has 0 aliphatic carbocycles. The molecule has 0 saturated heterocycles. The SMILES string of the molecule is Cc1ccc(-n2nnc(C(=O)Nc3ccccc3F)c2C)cc1C. The number of carbonyl (C=O) groups is 1. The molecule has 1 amide bonds. The van der Waals surface area contributed by atoms with Crippen molar-refractivity contribution in [1.82, 2.24) is 15.0 Å². The van der Waals surface area contributed by atoms with E-state index in [0.29, 0.717) is 5.69 Å². The molecular formula is C18H17FN4O. The number of rotatable bonds is 3. The second-order valence-electron chi connectivity index (χ2n) is 5.64. The molecule has 3 aromatic rings. The van der Waals surface area contributed by atoms with Crippen molar-refractivity contribution in [2.24, 2.45) is 0 Å². The molecule has 3 rings (SSSR count). The number of nitrogens with one attached hydrogen (secondary N) is 1. The van der Waals surface area contributed by atoms with E-state index in [9.17, 15) is 9.18 Å². The van der Waals surface area contributed by atoms with Crippen LogP contribution in [0.3, 0.4) is 0 Å². The van der Waals surface area contributed by atoms with E-state index in [1.54, 1.807) is 23.7 Å². The second-order valence-corrected chi connectivity index (χ2v) is 5.64. The number of amides is 1. The van der Waals surface area contributed by atoms with Gasteiger partial charge < -0.3 is 5.32 Å². The van der Waals surface area contributed by atoms with Gasteiger partial charge in [-0.15, -0.1) is 5.10 Å². The summed E-state index contributed by atoms with van der Waals surface area (Å²) < 4.78 is 15.3. The molecule has 2 aromatic carbocycles. The van der Waals surface area contributed by atoms with Gasteiger partial charge in [0.25, 0.3) is 5.91 Å². The monoisotopic (exact) mass is 324 g/mol. The van der Waals surface area contributed by atoms with Gasteiger partial charge in [-0.25, -0.2) is 9.07 Å². The normalized spacial score (nSPS) is 10.7. The average Bonchev–Trinajstić information content (AvgIpc) is 2.94. The number of benzene rings is 2. The fraction of sp³-hybridized carbons (Fsp3) is 0.167. The van der Waals surface area contributed by atoms with Gasteiger partial charge in [0.2, 0.25) is 0 Å². The minimum Gasteiger partial charge on any atom is -0.318 e. The molecule has 1 aromatic heterocycles. The van der Waals surface area contributed by atoms with E-state index in [4.69, 9.17) is 0 Å². The summed E-state index contributed by atoms with van der Waals surface area (Å²) in [6, 6.07) is 11.9. The van der Waals surface area contributed by atoms with Gasteiger partial charge in [0, 0.05) is 0 Å². The molecule has 24 heavy (non-hydrogen) atoms. The van der Waals surface area contributed by atoms with Crippen molar-refractivity contribution in [1.29, 1.82) is 0 Å². The lowest BCUT2D eigenvalue weighted by atomic mass is 10.1. The molecule has 0 aliphatic heterocycles. The van der Waals surface area contributed by atoms with Crippen LogP contribution < -0.4 is 5.32 Å². The fourth-order valence-corrected chi connectivity index (χ4v) is 2.39. The van der Waals surface area contributed by atoms with E-state index < -0.39 is 11.7 Å². The van der Waals surface area contributed by atoms with Gasteiger partial charge in [-0.05, 0) is 56.2 Å². The van der Waals surface area contributed by atoms with Crippen LogP contribution in [0.4, 0.5) is 10.1 Å². The van der Waals surface area contributed by atoms with E-state index in [0.717, 1.165) is 11.3 Å². The molecule has 0 bridgehead atoms. The third-order valence-corrected chi connectivity index (χ3v) is 3.97. The first kappa shape index (κ1) is 15.9. The summed E-state index contributed by atoms with van der Waals surface area (Å²) in [5.41, 5.74) is 3.99. The summed E-state index contributed by atoms with van der Waals surface area (Å²) in [6.07, 6.45) is 0. The second kappa shape index (κ2) is 6.23. The summed E-state index contributed by atoms with van der Waals surface area (Å²) in [5.74, 6) is -0.988. The van der Waals surface area contributed by atoms with Gasteiger partial charge in [-0.3, -0.25) is 4.79 Å². The van der Waals surface area contributed by atoms with E-state index in [2.05, 4.69) is 15.6 Å². The van der Waals surface area contributed by atoms with Gasteiger partial charge in [-0.2, -0.15) is 0 Å². The summed E-state index contributed by atoms with van der Waals surface area (Å²) in [6.45, 7) is 5.79. The Morgan fingerprint density at radius 2 is 1.83 bits per heavy atom. The number of carbonyl (C=O) groups excluding carboxylic acids is 1. The Kier molecular flexibility index (Phi) is 4.12. The molecule has 0 radical (unpaired) electrons. The zero-order chi connectivity index (χ0) is 17.3. The zero-order valence-electron chi connectivity index (χ0n) is 13.7. The number of halogens is 1. The quantitative estimate of drug-likeness (QED) is 0.801. The summed E-state index contributed by atoms with van der Waals surface area (Å²) >= 11 is 0. The van der Waals surface area contributed by atoms with Crippen LogP contribution in [0.1, 0.15) is 27.3 Å². The van der Waals surface area contributed by atoms with Crippen molar-refractivity contribution in [3.63, 3.8) is 0 Å². The van der Waals surface area contributed by atoms with E-state index >= 15 is 0 Å². The van der Waals surface area contributed by atoms with Crippen LogP contribution in [0.5, 0.6) is 0 Å². The smallest absolute Gasteiger partial charge is 0.278 e. The van der Waals surface area contributed by atoms with Crippen LogP contribution in [0.2, 0.25) is 0 Å². The molecular weight excluding hydrogens is 307 g/mol. The Labute approximate surface area is 139 Å². The van der Waals surface area contributed by atoms with Crippen LogP contribution >= 0.6 is 0 Å². The Morgan fingerprint density at radius 1 is 1.08 bits per heavy atom. The molecule has 0 saturated carbocycles. The maximum absolute atomic E-state index is 13.7. The van der Waals surface area contributed by atoms with Gasteiger partial charge in [0.15, 0.2) is 5.69 Å². The summed E-state index contributed by atoms with van der Waals surface area (Å²) in [7, 11) is 0. The lowest BCUT2D eigenvalue weighted by Crippen LogP contribution is -2.15. The Balaban J connectivity index is 1.91. The summed E-state index contributed by atoms with van der Waals surface area (Å²) in [4.78, 5) is 12.4. The molecule has 1 N–H and O–H groups in total. The molecule has 0 aliphatic rings. The first-order chi connectivity index (χ1) is 11.5. The van der Waals surface area contributed by atoms with Crippen molar-refractivity contribution in [2.45, 2.75) is 20.8 Å². The fourth-order valence-electron chi connectivity index (χ4n) is 2.39. The maximum atomic E-state index is 13.7. The summed E-state index contributed by atoms with van der Waals surface area (Å²) in [5, 5.41) is 10.5. The van der Waals surface area contributed by atoms with Gasteiger partial charge in [0.05, 0.1) is 17.1 Å². The largest absolute Gasteiger partial charge is 0.318 e. The molecule has 1 heterocycles. The van der Waals surface area contributed by atoms with Crippen LogP contribution in [0.15, 0.2) is 42.5 Å². The first-order valence-corrected chi connectivity index (χ1v) is 7.53. The molecule has 0 fully saturated rings. The number of aryl methyl sites for hydroxylation is 2. The molecule has 5 nitrogen and oxygen atoms in total. The Hall–Kier alpha value is -3.02. The molecule has 0 atom stereocenters. The molecule has 0 spiro atoms. The lowest BCUT2D eigenvalue weighted by molar-refractivity contribution is 0.102. The van der Waals surface area contributed by atoms with Gasteiger partial charge in [0.1, 0.15) is 5.82 Å². The highest BCUT2D eigenvalue weighted by Crippen LogP contribution is 2.18. The predicted octanol–water partition coefficient (Wildman–Crippen LogP) is 3.58. The third-order valence-electron chi connectivity index (χ3n) is 3.97. The van der Waals surface area contributed by atoms with Crippen molar-refractivity contribution in [3.05, 3.63) is 70.8 Å². The van der Waals surface area contributed by atoms with Crippen LogP contribution in [0, 0.1) is 26.6 Å². The Morgan fingerprint density at radius 3 is 2.54 bits per heavy atom. The Bertz CT molecular complexity index is 917. The number of aromatic nitrogens is 3. The number of hydrogen-bond donors (Lipinski definition) is 1. The van der Waals surface area contributed by atoms with Crippen molar-refractivity contribution in [3.8, 4) is 5.69 Å². The van der Waals surface area contributed by atoms with Crippen LogP contribution in [0.25, 0.3) is 5.69 Å². The van der Waals surface area contributed by atoms with Crippen LogP contribution in [-0.2, 0) is 0 Å². The van der Waals surface area contributed by atoms with Gasteiger partial charge in [-0.1, -0.05) is 23.4 Å². The molecule has 122 valence electrons. The molecule has 6 heteroatoms. The zero-order valence-corrected chi connectivity index (χ0v) is 13.7. The predicted molar refractivity (Wildman–Crippen MR) is 89.9 cm³/mol. The number of para-hydroxylation sites is 1. The number of hydrogen-bond acceptors (Lipinski definition) is 3. The van der Waals surface area contributed by atoms with Crippen molar-refractivity contribution >= 4 is 11.6 Å². The maximum Gasteiger partial charge on any atom is 0.278 e. The minimum atomic E-state index is -0.495. The topological polar surface area (TPSA) is 59.8 Å². The minimum absolute atomic E-state index is 0.114. The highest BCUT2D eigenvalue weighted by Gasteiger charge is 2.18. The van der Waals surface area contributed by atoms with Gasteiger partial charge >= 0.3 is 0 Å². The standard InChI is InChI=1S/C18H17FN4O/c1-11-8-9-14(10-12(11)2)23-13(3)17(21-22-23)18(24)20-16-7-5-4-6-15(16)19/h4-10H,1-3H3,(H,20,24). The van der Waals surface area contributed by atoms with Crippen molar-refractivity contribution < 1.29 is 9.18 Å². The van der Waals surface area contributed by atoms with E-state index in [1.165, 1.54) is 17.7 Å². The number of anilines is 1. The third kappa shape index (κ3) is 2.90.